The van der Waals surface area contributed by atoms with Crippen LogP contribution >= 0.6 is 24.0 Å². The van der Waals surface area contributed by atoms with E-state index in [4.69, 9.17) is 12.2 Å². The molecule has 3 amide bonds. The summed E-state index contributed by atoms with van der Waals surface area (Å²) in [6.07, 6.45) is 0.273. The smallest absolute Gasteiger partial charge is 0.326 e. The molecule has 4 rings (SSSR count). The molecular weight excluding hydrogens is 514 g/mol. The number of thioether (sulfide) groups is 1. The summed E-state index contributed by atoms with van der Waals surface area (Å²) in [4.78, 5) is 53.5. The summed E-state index contributed by atoms with van der Waals surface area (Å²) in [7, 11) is -3.26. The van der Waals surface area contributed by atoms with Crippen LogP contribution in [0.4, 0.5) is 5.69 Å². The van der Waals surface area contributed by atoms with Gasteiger partial charge in [-0.2, -0.15) is 0 Å². The number of rotatable bonds is 6. The van der Waals surface area contributed by atoms with Crippen molar-refractivity contribution in [1.29, 1.82) is 0 Å². The standard InChI is InChI=1S/C22H23N3O7S3/c1-11(2)17(21(29)30)23-15(26)9-24-14-6-4-3-5-13(14)16(19(24)27)18-20(28)25(22(33)34-18)12-7-8-35(31,32)10-12/h3-6,11-12,17H,7-10H2,1-2H3,(H,23,26)(H,29,30)/b18-16-/t12-,17+/m1/s1. The van der Waals surface area contributed by atoms with E-state index in [1.54, 1.807) is 38.1 Å². The average molecular weight is 538 g/mol. The molecule has 13 heteroatoms. The SMILES string of the molecule is CC(C)[C@H](NC(=O)CN1C(=O)/C(=C2\SC(=S)N([C@@H]3CCS(=O)(=O)C3)C2=O)c2ccccc21)C(=O)O. The number of amides is 3. The monoisotopic (exact) mass is 537 g/mol. The summed E-state index contributed by atoms with van der Waals surface area (Å²) in [6.45, 7) is 2.88. The van der Waals surface area contributed by atoms with E-state index in [0.717, 1.165) is 11.8 Å². The molecule has 1 aromatic carbocycles. The van der Waals surface area contributed by atoms with Crippen LogP contribution in [0.5, 0.6) is 0 Å². The van der Waals surface area contributed by atoms with Crippen LogP contribution in [0.25, 0.3) is 5.57 Å². The molecule has 1 aromatic rings. The second kappa shape index (κ2) is 9.36. The lowest BCUT2D eigenvalue weighted by atomic mass is 10.0. The molecule has 2 fully saturated rings. The Hall–Kier alpha value is -2.77. The molecule has 3 aliphatic rings. The van der Waals surface area contributed by atoms with Gasteiger partial charge in [0.25, 0.3) is 11.8 Å². The van der Waals surface area contributed by atoms with Gasteiger partial charge in [0.15, 0.2) is 9.84 Å². The lowest BCUT2D eigenvalue weighted by molar-refractivity contribution is -0.142. The third-order valence-electron chi connectivity index (χ3n) is 6.07. The predicted octanol–water partition coefficient (Wildman–Crippen LogP) is 1.02. The first-order valence-corrected chi connectivity index (χ1v) is 13.9. The van der Waals surface area contributed by atoms with Crippen molar-refractivity contribution >= 4 is 73.1 Å². The molecule has 0 aliphatic carbocycles. The number of nitrogens with one attached hydrogen (secondary N) is 1. The number of carboxylic acids is 1. The first kappa shape index (κ1) is 25.3. The Bertz CT molecular complexity index is 1290. The molecule has 0 bridgehead atoms. The van der Waals surface area contributed by atoms with Crippen molar-refractivity contribution in [2.45, 2.75) is 32.4 Å². The van der Waals surface area contributed by atoms with E-state index >= 15 is 0 Å². The fraction of sp³-hybridized carbons (Fsp3) is 0.409. The highest BCUT2D eigenvalue weighted by Gasteiger charge is 2.46. The summed E-state index contributed by atoms with van der Waals surface area (Å²) >= 11 is 6.31. The van der Waals surface area contributed by atoms with Crippen LogP contribution in [-0.2, 0) is 29.0 Å². The molecule has 2 atom stereocenters. The first-order valence-electron chi connectivity index (χ1n) is 10.8. The predicted molar refractivity (Wildman–Crippen MR) is 134 cm³/mol. The van der Waals surface area contributed by atoms with Gasteiger partial charge in [0, 0.05) is 5.56 Å². The Morgan fingerprint density at radius 3 is 2.51 bits per heavy atom. The highest BCUT2D eigenvalue weighted by atomic mass is 32.2. The van der Waals surface area contributed by atoms with E-state index in [1.165, 1.54) is 9.80 Å². The molecule has 0 saturated carbocycles. The quantitative estimate of drug-likeness (QED) is 0.402. The maximum absolute atomic E-state index is 13.5. The number of carbonyl (C=O) groups excluding carboxylic acids is 3. The topological polar surface area (TPSA) is 141 Å². The van der Waals surface area contributed by atoms with E-state index < -0.39 is 52.2 Å². The second-order valence-electron chi connectivity index (χ2n) is 8.84. The fourth-order valence-corrected chi connectivity index (χ4v) is 7.53. The molecule has 35 heavy (non-hydrogen) atoms. The summed E-state index contributed by atoms with van der Waals surface area (Å²) < 4.78 is 24.1. The van der Waals surface area contributed by atoms with E-state index in [1.807, 2.05) is 0 Å². The molecule has 2 N–H and O–H groups in total. The molecular formula is C22H23N3O7S3. The van der Waals surface area contributed by atoms with Gasteiger partial charge in [-0.1, -0.05) is 56.0 Å². The third kappa shape index (κ3) is 4.71. The van der Waals surface area contributed by atoms with Gasteiger partial charge in [-0.15, -0.1) is 0 Å². The molecule has 3 heterocycles. The minimum atomic E-state index is -3.26. The molecule has 0 spiro atoms. The van der Waals surface area contributed by atoms with Gasteiger partial charge in [-0.05, 0) is 18.4 Å². The molecule has 2 saturated heterocycles. The lowest BCUT2D eigenvalue weighted by Gasteiger charge is -2.21. The van der Waals surface area contributed by atoms with E-state index in [2.05, 4.69) is 5.32 Å². The van der Waals surface area contributed by atoms with Gasteiger partial charge in [-0.3, -0.25) is 24.2 Å². The van der Waals surface area contributed by atoms with Crippen molar-refractivity contribution in [3.8, 4) is 0 Å². The van der Waals surface area contributed by atoms with Crippen LogP contribution in [0.3, 0.4) is 0 Å². The number of benzene rings is 1. The number of carboxylic acid groups (broad SMARTS) is 1. The van der Waals surface area contributed by atoms with Gasteiger partial charge in [0.1, 0.15) is 16.9 Å². The second-order valence-corrected chi connectivity index (χ2v) is 12.7. The number of hydrogen-bond donors (Lipinski definition) is 2. The highest BCUT2D eigenvalue weighted by Crippen LogP contribution is 2.45. The number of thiocarbonyl (C=S) groups is 1. The fourth-order valence-electron chi connectivity index (χ4n) is 4.36. The Labute approximate surface area is 211 Å². The Morgan fingerprint density at radius 2 is 1.91 bits per heavy atom. The van der Waals surface area contributed by atoms with Gasteiger partial charge in [0.05, 0.1) is 33.7 Å². The van der Waals surface area contributed by atoms with Crippen molar-refractivity contribution < 1.29 is 32.7 Å². The minimum Gasteiger partial charge on any atom is -0.480 e. The van der Waals surface area contributed by atoms with E-state index in [9.17, 15) is 32.7 Å². The summed E-state index contributed by atoms with van der Waals surface area (Å²) in [5.74, 6) is -3.53. The third-order valence-corrected chi connectivity index (χ3v) is 9.23. The minimum absolute atomic E-state index is 0.0288. The van der Waals surface area contributed by atoms with Crippen LogP contribution in [0.15, 0.2) is 29.2 Å². The van der Waals surface area contributed by atoms with Gasteiger partial charge in [-0.25, -0.2) is 13.2 Å². The van der Waals surface area contributed by atoms with E-state index in [-0.39, 0.29) is 38.6 Å². The summed E-state index contributed by atoms with van der Waals surface area (Å²) in [5.41, 5.74) is 0.948. The van der Waals surface area contributed by atoms with Crippen LogP contribution in [0, 0.1) is 5.92 Å². The summed E-state index contributed by atoms with van der Waals surface area (Å²) in [6, 6.07) is 4.97. The molecule has 0 aromatic heterocycles. The van der Waals surface area contributed by atoms with Gasteiger partial charge >= 0.3 is 5.97 Å². The number of nitrogens with zero attached hydrogens (tertiary/aromatic N) is 2. The van der Waals surface area contributed by atoms with Crippen molar-refractivity contribution in [3.05, 3.63) is 34.7 Å². The molecule has 3 aliphatic heterocycles. The number of fused-ring (bicyclic) bond motifs is 1. The maximum Gasteiger partial charge on any atom is 0.326 e. The van der Waals surface area contributed by atoms with Crippen molar-refractivity contribution in [2.24, 2.45) is 5.92 Å². The normalized spacial score (nSPS) is 24.3. The largest absolute Gasteiger partial charge is 0.480 e. The zero-order chi connectivity index (χ0) is 25.7. The van der Waals surface area contributed by atoms with E-state index in [0.29, 0.717) is 11.3 Å². The van der Waals surface area contributed by atoms with Crippen molar-refractivity contribution in [1.82, 2.24) is 10.2 Å². The van der Waals surface area contributed by atoms with Crippen molar-refractivity contribution in [3.63, 3.8) is 0 Å². The first-order chi connectivity index (χ1) is 16.4. The Balaban J connectivity index is 1.65. The van der Waals surface area contributed by atoms with Crippen LogP contribution in [0.1, 0.15) is 25.8 Å². The maximum atomic E-state index is 13.5. The zero-order valence-electron chi connectivity index (χ0n) is 18.9. The summed E-state index contributed by atoms with van der Waals surface area (Å²) in [5, 5.41) is 11.8. The Kier molecular flexibility index (Phi) is 6.77. The molecule has 0 unspecified atom stereocenters. The number of aliphatic carboxylic acids is 1. The molecule has 10 nitrogen and oxygen atoms in total. The van der Waals surface area contributed by atoms with Crippen LogP contribution in [-0.4, -0.2) is 76.6 Å². The lowest BCUT2D eigenvalue weighted by Crippen LogP contribution is -2.48. The number of sulfone groups is 1. The van der Waals surface area contributed by atoms with Crippen LogP contribution < -0.4 is 10.2 Å². The number of hydrogen-bond acceptors (Lipinski definition) is 8. The average Bonchev–Trinajstić information content (AvgIpc) is 3.36. The molecule has 186 valence electrons. The molecule has 0 radical (unpaired) electrons. The number of anilines is 1. The Morgan fingerprint density at radius 1 is 1.23 bits per heavy atom. The van der Waals surface area contributed by atoms with Gasteiger partial charge < -0.3 is 10.4 Å². The highest BCUT2D eigenvalue weighted by molar-refractivity contribution is 8.26. The number of carbonyl (C=O) groups is 4. The van der Waals surface area contributed by atoms with Crippen LogP contribution in [0.2, 0.25) is 0 Å². The number of para-hydroxylation sites is 1. The van der Waals surface area contributed by atoms with Crippen molar-refractivity contribution in [2.75, 3.05) is 23.0 Å². The van der Waals surface area contributed by atoms with Gasteiger partial charge in [0.2, 0.25) is 5.91 Å². The zero-order valence-corrected chi connectivity index (χ0v) is 21.3.